The SMILES string of the molecule is CCCNC(CC)CCCN1CCN(C)C(CC)C1. The van der Waals surface area contributed by atoms with E-state index in [1.807, 2.05) is 0 Å². The van der Waals surface area contributed by atoms with Gasteiger partial charge in [-0.3, -0.25) is 0 Å². The van der Waals surface area contributed by atoms with Crippen molar-refractivity contribution in [2.45, 2.75) is 65.0 Å². The van der Waals surface area contributed by atoms with Crippen LogP contribution in [0.2, 0.25) is 0 Å². The Morgan fingerprint density at radius 2 is 2.00 bits per heavy atom. The normalized spacial score (nSPS) is 23.7. The minimum absolute atomic E-state index is 0.731. The Hall–Kier alpha value is -0.120. The van der Waals surface area contributed by atoms with E-state index in [2.05, 4.69) is 42.9 Å². The van der Waals surface area contributed by atoms with Crippen LogP contribution in [0.15, 0.2) is 0 Å². The van der Waals surface area contributed by atoms with E-state index < -0.39 is 0 Å². The van der Waals surface area contributed by atoms with Gasteiger partial charge in [0.2, 0.25) is 0 Å². The van der Waals surface area contributed by atoms with Crippen LogP contribution in [0, 0.1) is 0 Å². The Morgan fingerprint density at radius 1 is 1.21 bits per heavy atom. The highest BCUT2D eigenvalue weighted by molar-refractivity contribution is 4.79. The lowest BCUT2D eigenvalue weighted by atomic mass is 10.1. The van der Waals surface area contributed by atoms with Gasteiger partial charge >= 0.3 is 0 Å². The van der Waals surface area contributed by atoms with Gasteiger partial charge in [0.15, 0.2) is 0 Å². The van der Waals surface area contributed by atoms with Gasteiger partial charge in [-0.05, 0) is 52.2 Å². The van der Waals surface area contributed by atoms with Gasteiger partial charge in [-0.2, -0.15) is 0 Å². The van der Waals surface area contributed by atoms with E-state index in [4.69, 9.17) is 0 Å². The maximum absolute atomic E-state index is 3.66. The van der Waals surface area contributed by atoms with E-state index in [0.29, 0.717) is 0 Å². The summed E-state index contributed by atoms with van der Waals surface area (Å²) in [6.45, 7) is 13.1. The van der Waals surface area contributed by atoms with Crippen molar-refractivity contribution in [3.63, 3.8) is 0 Å². The highest BCUT2D eigenvalue weighted by Gasteiger charge is 2.22. The van der Waals surface area contributed by atoms with Gasteiger partial charge in [0.1, 0.15) is 0 Å². The molecule has 0 aromatic heterocycles. The second-order valence-electron chi connectivity index (χ2n) is 6.04. The summed E-state index contributed by atoms with van der Waals surface area (Å²) in [5.74, 6) is 0. The first-order valence-electron chi connectivity index (χ1n) is 8.37. The van der Waals surface area contributed by atoms with Crippen molar-refractivity contribution >= 4 is 0 Å². The zero-order chi connectivity index (χ0) is 14.1. The lowest BCUT2D eigenvalue weighted by Gasteiger charge is -2.39. The molecule has 1 saturated heterocycles. The molecular weight excluding hydrogens is 234 g/mol. The van der Waals surface area contributed by atoms with Gasteiger partial charge in [-0.25, -0.2) is 0 Å². The summed E-state index contributed by atoms with van der Waals surface area (Å²) in [4.78, 5) is 5.19. The van der Waals surface area contributed by atoms with E-state index in [-0.39, 0.29) is 0 Å². The van der Waals surface area contributed by atoms with Crippen LogP contribution in [-0.4, -0.2) is 61.7 Å². The fraction of sp³-hybridized carbons (Fsp3) is 1.00. The zero-order valence-electron chi connectivity index (χ0n) is 13.6. The average molecular weight is 269 g/mol. The van der Waals surface area contributed by atoms with Crippen molar-refractivity contribution in [1.29, 1.82) is 0 Å². The maximum atomic E-state index is 3.66. The van der Waals surface area contributed by atoms with Crippen LogP contribution in [0.1, 0.15) is 52.9 Å². The summed E-state index contributed by atoms with van der Waals surface area (Å²) in [6.07, 6.45) is 6.46. The number of hydrogen-bond acceptors (Lipinski definition) is 3. The minimum atomic E-state index is 0.731. The Bertz CT molecular complexity index is 220. The van der Waals surface area contributed by atoms with Crippen molar-refractivity contribution in [1.82, 2.24) is 15.1 Å². The predicted molar refractivity (Wildman–Crippen MR) is 84.8 cm³/mol. The molecule has 0 aliphatic carbocycles. The Kier molecular flexibility index (Phi) is 8.67. The smallest absolute Gasteiger partial charge is 0.0218 e. The van der Waals surface area contributed by atoms with Crippen LogP contribution < -0.4 is 5.32 Å². The second kappa shape index (κ2) is 9.73. The molecule has 3 heteroatoms. The summed E-state index contributed by atoms with van der Waals surface area (Å²) >= 11 is 0. The van der Waals surface area contributed by atoms with Crippen LogP contribution in [0.5, 0.6) is 0 Å². The van der Waals surface area contributed by atoms with Crippen molar-refractivity contribution in [3.05, 3.63) is 0 Å². The highest BCUT2D eigenvalue weighted by Crippen LogP contribution is 2.12. The molecule has 3 nitrogen and oxygen atoms in total. The monoisotopic (exact) mass is 269 g/mol. The molecule has 0 bridgehead atoms. The van der Waals surface area contributed by atoms with Gasteiger partial charge < -0.3 is 15.1 Å². The number of hydrogen-bond donors (Lipinski definition) is 1. The number of nitrogens with zero attached hydrogens (tertiary/aromatic N) is 2. The third-order valence-electron chi connectivity index (χ3n) is 4.54. The van der Waals surface area contributed by atoms with Crippen molar-refractivity contribution < 1.29 is 0 Å². The number of rotatable bonds is 9. The Labute approximate surface area is 120 Å². The van der Waals surface area contributed by atoms with Crippen LogP contribution in [0.3, 0.4) is 0 Å². The molecule has 0 saturated carbocycles. The van der Waals surface area contributed by atoms with Crippen molar-refractivity contribution in [3.8, 4) is 0 Å². The lowest BCUT2D eigenvalue weighted by Crippen LogP contribution is -2.51. The number of piperazine rings is 1. The van der Waals surface area contributed by atoms with Crippen molar-refractivity contribution in [2.75, 3.05) is 39.8 Å². The number of nitrogens with one attached hydrogen (secondary N) is 1. The average Bonchev–Trinajstić information content (AvgIpc) is 2.44. The molecule has 0 amide bonds. The molecule has 2 atom stereocenters. The third-order valence-corrected chi connectivity index (χ3v) is 4.54. The quantitative estimate of drug-likeness (QED) is 0.694. The third kappa shape index (κ3) is 6.24. The minimum Gasteiger partial charge on any atom is -0.314 e. The molecule has 0 spiro atoms. The topological polar surface area (TPSA) is 18.5 Å². The second-order valence-corrected chi connectivity index (χ2v) is 6.04. The van der Waals surface area contributed by atoms with E-state index >= 15 is 0 Å². The summed E-state index contributed by atoms with van der Waals surface area (Å²) < 4.78 is 0. The van der Waals surface area contributed by atoms with E-state index in [1.54, 1.807) is 0 Å². The van der Waals surface area contributed by atoms with Crippen molar-refractivity contribution in [2.24, 2.45) is 0 Å². The summed E-state index contributed by atoms with van der Waals surface area (Å²) in [5, 5.41) is 3.66. The predicted octanol–water partition coefficient (Wildman–Crippen LogP) is 2.57. The molecule has 1 rings (SSSR count). The lowest BCUT2D eigenvalue weighted by molar-refractivity contribution is 0.0914. The van der Waals surface area contributed by atoms with Crippen LogP contribution in [-0.2, 0) is 0 Å². The van der Waals surface area contributed by atoms with Crippen LogP contribution in [0.25, 0.3) is 0 Å². The van der Waals surface area contributed by atoms with Gasteiger partial charge in [0, 0.05) is 31.7 Å². The standard InChI is InChI=1S/C16H35N3/c1-5-10-17-15(6-2)9-8-11-19-13-12-18(4)16(7-3)14-19/h15-17H,5-14H2,1-4H3. The summed E-state index contributed by atoms with van der Waals surface area (Å²) in [6, 6.07) is 1.50. The van der Waals surface area contributed by atoms with Gasteiger partial charge in [0.05, 0.1) is 0 Å². The summed E-state index contributed by atoms with van der Waals surface area (Å²) in [7, 11) is 2.27. The van der Waals surface area contributed by atoms with E-state index in [1.165, 1.54) is 64.8 Å². The molecule has 1 fully saturated rings. The molecule has 1 aliphatic heterocycles. The largest absolute Gasteiger partial charge is 0.314 e. The first-order valence-corrected chi connectivity index (χ1v) is 8.37. The van der Waals surface area contributed by atoms with Gasteiger partial charge in [-0.1, -0.05) is 20.8 Å². The van der Waals surface area contributed by atoms with E-state index in [9.17, 15) is 0 Å². The Balaban J connectivity index is 2.17. The van der Waals surface area contributed by atoms with Gasteiger partial charge in [-0.15, -0.1) is 0 Å². The van der Waals surface area contributed by atoms with Crippen LogP contribution >= 0.6 is 0 Å². The molecule has 1 heterocycles. The molecule has 19 heavy (non-hydrogen) atoms. The molecule has 0 aromatic carbocycles. The van der Waals surface area contributed by atoms with Crippen LogP contribution in [0.4, 0.5) is 0 Å². The first-order chi connectivity index (χ1) is 9.21. The Morgan fingerprint density at radius 3 is 2.63 bits per heavy atom. The molecule has 0 radical (unpaired) electrons. The molecule has 1 N–H and O–H groups in total. The molecule has 114 valence electrons. The molecule has 2 unspecified atom stereocenters. The molecule has 0 aromatic rings. The fourth-order valence-corrected chi connectivity index (χ4v) is 3.01. The molecule has 1 aliphatic rings. The highest BCUT2D eigenvalue weighted by atomic mass is 15.3. The maximum Gasteiger partial charge on any atom is 0.0218 e. The first kappa shape index (κ1) is 16.9. The molecular formula is C16H35N3. The fourth-order valence-electron chi connectivity index (χ4n) is 3.01. The van der Waals surface area contributed by atoms with E-state index in [0.717, 1.165) is 12.1 Å². The summed E-state index contributed by atoms with van der Waals surface area (Å²) in [5.41, 5.74) is 0. The van der Waals surface area contributed by atoms with Gasteiger partial charge in [0.25, 0.3) is 0 Å². The zero-order valence-corrected chi connectivity index (χ0v) is 13.6. The number of likely N-dealkylation sites (N-methyl/N-ethyl adjacent to an activating group) is 1.